The first-order chi connectivity index (χ1) is 15.5. The van der Waals surface area contributed by atoms with Crippen LogP contribution in [0.25, 0.3) is 16.0 Å². The van der Waals surface area contributed by atoms with Gasteiger partial charge in [0.1, 0.15) is 17.0 Å². The van der Waals surface area contributed by atoms with Gasteiger partial charge in [-0.2, -0.15) is 0 Å². The van der Waals surface area contributed by atoms with Crippen LogP contribution in [0.2, 0.25) is 0 Å². The van der Waals surface area contributed by atoms with Gasteiger partial charge in [-0.1, -0.05) is 19.1 Å². The number of carbonyl (C=O) groups is 1. The summed E-state index contributed by atoms with van der Waals surface area (Å²) in [5.41, 5.74) is 1.46. The van der Waals surface area contributed by atoms with E-state index in [1.54, 1.807) is 29.6 Å². The summed E-state index contributed by atoms with van der Waals surface area (Å²) in [6, 6.07) is 12.7. The highest BCUT2D eigenvalue weighted by atomic mass is 32.1. The molecule has 4 heterocycles. The Morgan fingerprint density at radius 3 is 2.84 bits per heavy atom. The lowest BCUT2D eigenvalue weighted by Crippen LogP contribution is -2.29. The maximum absolute atomic E-state index is 13.1. The third-order valence-corrected chi connectivity index (χ3v) is 6.09. The maximum Gasteiger partial charge on any atom is 0.352 e. The van der Waals surface area contributed by atoms with Crippen molar-refractivity contribution in [3.8, 4) is 0 Å². The van der Waals surface area contributed by atoms with Crippen LogP contribution in [0.1, 0.15) is 18.2 Å². The molecule has 0 spiro atoms. The van der Waals surface area contributed by atoms with E-state index in [-0.39, 0.29) is 30.3 Å². The number of furan rings is 1. The highest BCUT2D eigenvalue weighted by Gasteiger charge is 2.20. The van der Waals surface area contributed by atoms with Crippen LogP contribution >= 0.6 is 11.3 Å². The minimum atomic E-state index is -0.492. The van der Waals surface area contributed by atoms with Crippen molar-refractivity contribution in [1.82, 2.24) is 18.7 Å². The predicted molar refractivity (Wildman–Crippen MR) is 121 cm³/mol. The van der Waals surface area contributed by atoms with Crippen LogP contribution in [0, 0.1) is 0 Å². The lowest BCUT2D eigenvalue weighted by Gasteiger charge is -2.06. The zero-order valence-electron chi connectivity index (χ0n) is 17.1. The Kier molecular flexibility index (Phi) is 4.98. The zero-order chi connectivity index (χ0) is 22.2. The molecule has 5 aromatic rings. The molecule has 10 heteroatoms. The number of amides is 1. The second-order valence-electron chi connectivity index (χ2n) is 7.28. The highest BCUT2D eigenvalue weighted by molar-refractivity contribution is 7.17. The molecular weight excluding hydrogens is 430 g/mol. The summed E-state index contributed by atoms with van der Waals surface area (Å²) in [4.78, 5) is 38.8. The van der Waals surface area contributed by atoms with E-state index >= 15 is 0 Å². The first kappa shape index (κ1) is 20.0. The molecule has 0 aliphatic rings. The van der Waals surface area contributed by atoms with Crippen LogP contribution in [-0.2, 0) is 24.3 Å². The molecule has 0 aliphatic carbocycles. The quantitative estimate of drug-likeness (QED) is 0.429. The summed E-state index contributed by atoms with van der Waals surface area (Å²) in [5, 5.41) is 8.88. The number of hydrogen-bond donors (Lipinski definition) is 1. The second kappa shape index (κ2) is 7.97. The minimum absolute atomic E-state index is 0.121. The highest BCUT2D eigenvalue weighted by Crippen LogP contribution is 2.18. The van der Waals surface area contributed by atoms with Gasteiger partial charge in [0.15, 0.2) is 0 Å². The Hall–Kier alpha value is -3.92. The van der Waals surface area contributed by atoms with Crippen molar-refractivity contribution < 1.29 is 9.21 Å². The Balaban J connectivity index is 1.56. The summed E-state index contributed by atoms with van der Waals surface area (Å²) in [7, 11) is 0. The Morgan fingerprint density at radius 2 is 2.06 bits per heavy atom. The number of carbonyl (C=O) groups excluding carboxylic acids is 1. The number of benzene rings is 1. The van der Waals surface area contributed by atoms with Crippen LogP contribution in [-0.4, -0.2) is 24.7 Å². The smallest absolute Gasteiger partial charge is 0.352 e. The van der Waals surface area contributed by atoms with Crippen LogP contribution in [0.15, 0.2) is 68.1 Å². The van der Waals surface area contributed by atoms with Crippen LogP contribution < -0.4 is 16.6 Å². The molecule has 0 aliphatic heterocycles. The van der Waals surface area contributed by atoms with E-state index in [1.807, 2.05) is 25.1 Å². The largest absolute Gasteiger partial charge is 0.467 e. The van der Waals surface area contributed by atoms with E-state index in [1.165, 1.54) is 26.6 Å². The third kappa shape index (κ3) is 3.44. The number of aryl methyl sites for hydroxylation is 1. The van der Waals surface area contributed by atoms with Crippen molar-refractivity contribution in [2.24, 2.45) is 0 Å². The molecule has 0 unspecified atom stereocenters. The third-order valence-electron chi connectivity index (χ3n) is 5.19. The lowest BCUT2D eigenvalue weighted by atomic mass is 10.1. The van der Waals surface area contributed by atoms with Crippen molar-refractivity contribution in [2.75, 3.05) is 5.32 Å². The van der Waals surface area contributed by atoms with Gasteiger partial charge >= 0.3 is 5.69 Å². The van der Waals surface area contributed by atoms with E-state index in [0.717, 1.165) is 16.7 Å². The molecule has 0 bridgehead atoms. The molecule has 9 nitrogen and oxygen atoms in total. The molecule has 4 aromatic heterocycles. The van der Waals surface area contributed by atoms with Crippen molar-refractivity contribution in [3.05, 3.63) is 86.3 Å². The molecule has 1 amide bonds. The van der Waals surface area contributed by atoms with Crippen molar-refractivity contribution >= 4 is 38.9 Å². The van der Waals surface area contributed by atoms with Gasteiger partial charge in [-0.15, -0.1) is 16.4 Å². The molecule has 0 atom stereocenters. The van der Waals surface area contributed by atoms with Crippen molar-refractivity contribution in [3.63, 3.8) is 0 Å². The van der Waals surface area contributed by atoms with Gasteiger partial charge in [0.2, 0.25) is 11.7 Å². The van der Waals surface area contributed by atoms with Crippen molar-refractivity contribution in [2.45, 2.75) is 26.4 Å². The zero-order valence-corrected chi connectivity index (χ0v) is 18.0. The molecule has 1 aromatic carbocycles. The molecule has 0 saturated heterocycles. The van der Waals surface area contributed by atoms with Gasteiger partial charge < -0.3 is 9.73 Å². The van der Waals surface area contributed by atoms with E-state index < -0.39 is 5.69 Å². The average molecular weight is 449 g/mol. The van der Waals surface area contributed by atoms with Crippen molar-refractivity contribution in [1.29, 1.82) is 0 Å². The van der Waals surface area contributed by atoms with E-state index in [9.17, 15) is 14.4 Å². The molecule has 1 N–H and O–H groups in total. The van der Waals surface area contributed by atoms with E-state index in [2.05, 4.69) is 10.4 Å². The van der Waals surface area contributed by atoms with Gasteiger partial charge in [-0.3, -0.25) is 14.2 Å². The van der Waals surface area contributed by atoms with Gasteiger partial charge in [0.25, 0.3) is 5.56 Å². The molecular formula is C22H19N5O4S. The van der Waals surface area contributed by atoms with Gasteiger partial charge in [-0.25, -0.2) is 13.9 Å². The number of rotatable bonds is 6. The monoisotopic (exact) mass is 449 g/mol. The first-order valence-electron chi connectivity index (χ1n) is 10.1. The minimum Gasteiger partial charge on any atom is -0.467 e. The second-order valence-corrected chi connectivity index (χ2v) is 8.20. The summed E-state index contributed by atoms with van der Waals surface area (Å²) in [6.45, 7) is 1.87. The SMILES string of the molecule is CCc1cccc(NC(=O)Cn2nc3n(Cc4ccco4)c(=O)c4sccc4n3c2=O)c1. The Bertz CT molecular complexity index is 1560. The topological polar surface area (TPSA) is 104 Å². The summed E-state index contributed by atoms with van der Waals surface area (Å²) in [5.74, 6) is 0.328. The Morgan fingerprint density at radius 1 is 1.19 bits per heavy atom. The molecule has 32 heavy (non-hydrogen) atoms. The predicted octanol–water partition coefficient (Wildman–Crippen LogP) is 2.71. The van der Waals surface area contributed by atoms with Crippen LogP contribution in [0.3, 0.4) is 0 Å². The molecule has 0 radical (unpaired) electrons. The average Bonchev–Trinajstić information content (AvgIpc) is 3.53. The number of aromatic nitrogens is 4. The maximum atomic E-state index is 13.1. The standard InChI is InChI=1S/C22H19N5O4S/c1-2-14-5-3-6-15(11-14)23-18(28)13-26-22(30)27-17-8-10-32-19(17)20(29)25(21(27)24-26)12-16-7-4-9-31-16/h3-11H,2,12-13H2,1H3,(H,23,28). The Labute approximate surface area is 185 Å². The van der Waals surface area contributed by atoms with Crippen LogP contribution in [0.4, 0.5) is 5.69 Å². The van der Waals surface area contributed by atoms with Gasteiger partial charge in [0, 0.05) is 5.69 Å². The fourth-order valence-corrected chi connectivity index (χ4v) is 4.47. The number of fused-ring (bicyclic) bond motifs is 3. The molecule has 0 saturated carbocycles. The lowest BCUT2D eigenvalue weighted by molar-refractivity contribution is -0.117. The number of thiophene rings is 1. The van der Waals surface area contributed by atoms with E-state index in [0.29, 0.717) is 21.7 Å². The first-order valence-corrected chi connectivity index (χ1v) is 10.9. The fourth-order valence-electron chi connectivity index (χ4n) is 3.64. The summed E-state index contributed by atoms with van der Waals surface area (Å²) < 4.78 is 9.64. The van der Waals surface area contributed by atoms with Gasteiger partial charge in [0.05, 0.1) is 18.3 Å². The molecule has 5 rings (SSSR count). The van der Waals surface area contributed by atoms with Gasteiger partial charge in [-0.05, 0) is 47.7 Å². The number of hydrogen-bond acceptors (Lipinski definition) is 6. The molecule has 0 fully saturated rings. The number of nitrogens with one attached hydrogen (secondary N) is 1. The fraction of sp³-hybridized carbons (Fsp3) is 0.182. The summed E-state index contributed by atoms with van der Waals surface area (Å²) >= 11 is 1.25. The van der Waals surface area contributed by atoms with E-state index in [4.69, 9.17) is 4.42 Å². The van der Waals surface area contributed by atoms with Crippen LogP contribution in [0.5, 0.6) is 0 Å². The normalized spacial score (nSPS) is 11.4. The summed E-state index contributed by atoms with van der Waals surface area (Å²) in [6.07, 6.45) is 2.36. The molecule has 162 valence electrons. The number of anilines is 1. The number of nitrogens with zero attached hydrogens (tertiary/aromatic N) is 4.